The first-order valence-corrected chi connectivity index (χ1v) is 9.96. The summed E-state index contributed by atoms with van der Waals surface area (Å²) in [7, 11) is 0. The van der Waals surface area contributed by atoms with Crippen LogP contribution < -0.4 is 4.74 Å². The van der Waals surface area contributed by atoms with Crippen LogP contribution in [0.15, 0.2) is 30.3 Å². The summed E-state index contributed by atoms with van der Waals surface area (Å²) in [6, 6.07) is 4.94. The number of carbonyl (C=O) groups is 1. The fourth-order valence-corrected chi connectivity index (χ4v) is 3.77. The third-order valence-corrected chi connectivity index (χ3v) is 5.45. The lowest BCUT2D eigenvalue weighted by atomic mass is 10.1. The first-order chi connectivity index (χ1) is 15.0. The number of benzene rings is 2. The van der Waals surface area contributed by atoms with E-state index in [0.717, 1.165) is 24.3 Å². The molecular formula is C20H12ClF6NO3S. The minimum atomic E-state index is -4.87. The summed E-state index contributed by atoms with van der Waals surface area (Å²) in [6.45, 7) is -0.953. The van der Waals surface area contributed by atoms with E-state index in [4.69, 9.17) is 21.4 Å². The molecule has 0 fully saturated rings. The van der Waals surface area contributed by atoms with Crippen LogP contribution in [-0.4, -0.2) is 15.4 Å². The van der Waals surface area contributed by atoms with Crippen molar-refractivity contribution < 1.29 is 41.0 Å². The molecule has 0 radical (unpaired) electrons. The molecule has 0 saturated carbocycles. The number of alkyl halides is 3. The Kier molecular flexibility index (Phi) is 6.99. The van der Waals surface area contributed by atoms with E-state index in [1.165, 1.54) is 6.07 Å². The van der Waals surface area contributed by atoms with Crippen LogP contribution in [0.25, 0.3) is 11.3 Å². The molecule has 0 spiro atoms. The van der Waals surface area contributed by atoms with Gasteiger partial charge in [0.05, 0.1) is 5.69 Å². The summed E-state index contributed by atoms with van der Waals surface area (Å²) in [5, 5.41) is 8.68. The first kappa shape index (κ1) is 23.9. The third kappa shape index (κ3) is 5.33. The van der Waals surface area contributed by atoms with Crippen molar-refractivity contribution in [2.45, 2.75) is 25.6 Å². The van der Waals surface area contributed by atoms with Crippen molar-refractivity contribution in [2.24, 2.45) is 0 Å². The molecule has 170 valence electrons. The molecule has 1 aromatic heterocycles. The van der Waals surface area contributed by atoms with E-state index in [9.17, 15) is 31.1 Å². The van der Waals surface area contributed by atoms with Gasteiger partial charge < -0.3 is 9.84 Å². The Morgan fingerprint density at radius 2 is 1.75 bits per heavy atom. The largest absolute Gasteiger partial charge is 0.483 e. The van der Waals surface area contributed by atoms with Crippen molar-refractivity contribution >= 4 is 29.1 Å². The number of halogens is 7. The van der Waals surface area contributed by atoms with Gasteiger partial charge in [0.1, 0.15) is 17.3 Å². The molecule has 0 aliphatic heterocycles. The number of carboxylic acids is 1. The van der Waals surface area contributed by atoms with E-state index >= 15 is 0 Å². The summed E-state index contributed by atoms with van der Waals surface area (Å²) < 4.78 is 91.9. The smallest absolute Gasteiger partial charge is 0.427 e. The van der Waals surface area contributed by atoms with Crippen molar-refractivity contribution in [1.29, 1.82) is 0 Å². The lowest BCUT2D eigenvalue weighted by Crippen LogP contribution is -2.10. The maximum atomic E-state index is 14.3. The Hall–Kier alpha value is -2.79. The van der Waals surface area contributed by atoms with Crippen molar-refractivity contribution in [1.82, 2.24) is 4.37 Å². The summed E-state index contributed by atoms with van der Waals surface area (Å²) in [5.74, 6) is -5.50. The van der Waals surface area contributed by atoms with Crippen molar-refractivity contribution in [2.75, 3.05) is 0 Å². The van der Waals surface area contributed by atoms with Crippen LogP contribution in [0.4, 0.5) is 26.3 Å². The summed E-state index contributed by atoms with van der Waals surface area (Å²) >= 11 is 5.72. The van der Waals surface area contributed by atoms with Gasteiger partial charge in [0.25, 0.3) is 0 Å². The molecule has 32 heavy (non-hydrogen) atoms. The first-order valence-electron chi connectivity index (χ1n) is 8.81. The predicted octanol–water partition coefficient (Wildman–Crippen LogP) is 6.50. The molecule has 2 aromatic carbocycles. The normalized spacial score (nSPS) is 11.6. The summed E-state index contributed by atoms with van der Waals surface area (Å²) in [5.41, 5.74) is -1.25. The van der Waals surface area contributed by atoms with Gasteiger partial charge >= 0.3 is 12.1 Å². The Bertz CT molecular complexity index is 1140. The van der Waals surface area contributed by atoms with Gasteiger partial charge in [0, 0.05) is 22.6 Å². The Morgan fingerprint density at radius 1 is 1.09 bits per heavy atom. The van der Waals surface area contributed by atoms with E-state index in [1.807, 2.05) is 0 Å². The van der Waals surface area contributed by atoms with Crippen LogP contribution in [0.1, 0.15) is 22.4 Å². The number of hydrogen-bond acceptors (Lipinski definition) is 4. The highest BCUT2D eigenvalue weighted by atomic mass is 35.5. The zero-order valence-electron chi connectivity index (χ0n) is 15.8. The van der Waals surface area contributed by atoms with Crippen LogP contribution in [-0.2, 0) is 24.0 Å². The third-order valence-electron chi connectivity index (χ3n) is 4.28. The molecule has 0 aliphatic carbocycles. The number of ether oxygens (including phenoxy) is 1. The van der Waals surface area contributed by atoms with Gasteiger partial charge in [-0.2, -0.15) is 17.5 Å². The van der Waals surface area contributed by atoms with Gasteiger partial charge in [-0.15, -0.1) is 0 Å². The number of rotatable bonds is 7. The van der Waals surface area contributed by atoms with Gasteiger partial charge in [-0.05, 0) is 53.8 Å². The van der Waals surface area contributed by atoms with Gasteiger partial charge in [0.2, 0.25) is 0 Å². The van der Waals surface area contributed by atoms with Crippen molar-refractivity contribution in [3.8, 4) is 17.0 Å². The fraction of sp³-hybridized carbons (Fsp3) is 0.200. The van der Waals surface area contributed by atoms with E-state index in [-0.39, 0.29) is 40.5 Å². The molecule has 0 bridgehead atoms. The van der Waals surface area contributed by atoms with Crippen LogP contribution in [0.2, 0.25) is 5.02 Å². The molecule has 0 aliphatic rings. The number of carboxylic acid groups (broad SMARTS) is 1. The average molecular weight is 496 g/mol. The number of hydrogen-bond donors (Lipinski definition) is 1. The Labute approximate surface area is 186 Å². The van der Waals surface area contributed by atoms with Crippen LogP contribution in [0, 0.1) is 17.5 Å². The standard InChI is InChI=1S/C20H12ClF6NO3S/c21-10-2-3-11(13(22)7-10)17-12(19(32-28-17)20(25,26)27)8-31-18-14(23)5-9(6-15(18)24)1-4-16(29)30/h2-3,5-7H,1,4,8H2,(H,29,30). The summed E-state index contributed by atoms with van der Waals surface area (Å²) in [4.78, 5) is 9.40. The maximum absolute atomic E-state index is 14.3. The summed E-state index contributed by atoms with van der Waals surface area (Å²) in [6.07, 6.45) is -5.39. The Morgan fingerprint density at radius 3 is 2.31 bits per heavy atom. The Balaban J connectivity index is 1.95. The maximum Gasteiger partial charge on any atom is 0.427 e. The van der Waals surface area contributed by atoms with E-state index in [0.29, 0.717) is 0 Å². The minimum absolute atomic E-state index is 0.0162. The number of aryl methyl sites for hydroxylation is 1. The topological polar surface area (TPSA) is 59.4 Å². The molecule has 0 amide bonds. The van der Waals surface area contributed by atoms with Crippen LogP contribution >= 0.6 is 23.1 Å². The van der Waals surface area contributed by atoms with Gasteiger partial charge in [0.15, 0.2) is 17.4 Å². The molecular weight excluding hydrogens is 484 g/mol. The number of aliphatic carboxylic acids is 1. The van der Waals surface area contributed by atoms with Crippen molar-refractivity contribution in [3.63, 3.8) is 0 Å². The van der Waals surface area contributed by atoms with Gasteiger partial charge in [-0.25, -0.2) is 13.2 Å². The molecule has 3 aromatic rings. The van der Waals surface area contributed by atoms with Crippen LogP contribution in [0.3, 0.4) is 0 Å². The quantitative estimate of drug-likeness (QED) is 0.380. The lowest BCUT2D eigenvalue weighted by molar-refractivity contribution is -0.137. The molecule has 3 rings (SSSR count). The highest BCUT2D eigenvalue weighted by molar-refractivity contribution is 7.06. The number of nitrogens with zero attached hydrogens (tertiary/aromatic N) is 1. The molecule has 12 heteroatoms. The zero-order chi connectivity index (χ0) is 23.6. The second kappa shape index (κ2) is 9.37. The van der Waals surface area contributed by atoms with E-state index in [2.05, 4.69) is 4.37 Å². The second-order valence-electron chi connectivity index (χ2n) is 6.53. The predicted molar refractivity (Wildman–Crippen MR) is 104 cm³/mol. The molecule has 0 saturated heterocycles. The minimum Gasteiger partial charge on any atom is -0.483 e. The monoisotopic (exact) mass is 495 g/mol. The lowest BCUT2D eigenvalue weighted by Gasteiger charge is -2.13. The average Bonchev–Trinajstić information content (AvgIpc) is 3.10. The fourth-order valence-electron chi connectivity index (χ4n) is 2.85. The van der Waals surface area contributed by atoms with E-state index in [1.54, 1.807) is 0 Å². The van der Waals surface area contributed by atoms with Gasteiger partial charge in [-0.1, -0.05) is 11.6 Å². The molecule has 0 atom stereocenters. The second-order valence-corrected chi connectivity index (χ2v) is 7.74. The zero-order valence-corrected chi connectivity index (χ0v) is 17.3. The molecule has 0 unspecified atom stereocenters. The molecule has 4 nitrogen and oxygen atoms in total. The van der Waals surface area contributed by atoms with Crippen LogP contribution in [0.5, 0.6) is 5.75 Å². The van der Waals surface area contributed by atoms with Crippen molar-refractivity contribution in [3.05, 3.63) is 68.8 Å². The van der Waals surface area contributed by atoms with Gasteiger partial charge in [-0.3, -0.25) is 4.79 Å². The number of aromatic nitrogens is 1. The SMILES string of the molecule is O=C(O)CCc1cc(F)c(OCc2c(-c3ccc(Cl)cc3F)nsc2C(F)(F)F)c(F)c1. The molecule has 1 heterocycles. The van der Waals surface area contributed by atoms with E-state index < -0.39 is 58.1 Å². The highest BCUT2D eigenvalue weighted by Gasteiger charge is 2.38. The molecule has 1 N–H and O–H groups in total. The highest BCUT2D eigenvalue weighted by Crippen LogP contribution is 2.41.